The number of benzene rings is 1. The third kappa shape index (κ3) is 6.41. The van der Waals surface area contributed by atoms with Crippen LogP contribution in [0.15, 0.2) is 29.2 Å². The molecule has 2 N–H and O–H groups in total. The number of amides is 1. The quantitative estimate of drug-likeness (QED) is 0.730. The summed E-state index contributed by atoms with van der Waals surface area (Å²) in [5, 5.41) is 3.10. The zero-order chi connectivity index (χ0) is 18.3. The smallest absolute Gasteiger partial charge is 0.240 e. The first kappa shape index (κ1) is 19.9. The third-order valence-electron chi connectivity index (χ3n) is 4.50. The van der Waals surface area contributed by atoms with Crippen molar-refractivity contribution in [2.75, 3.05) is 26.7 Å². The lowest BCUT2D eigenvalue weighted by Crippen LogP contribution is -2.43. The Bertz CT molecular complexity index is 651. The number of piperidine rings is 1. The lowest BCUT2D eigenvalue weighted by atomic mass is 10.0. The van der Waals surface area contributed by atoms with E-state index in [1.54, 1.807) is 24.3 Å². The molecular formula is C18H29N3O3S. The van der Waals surface area contributed by atoms with Crippen molar-refractivity contribution >= 4 is 15.9 Å². The fourth-order valence-corrected chi connectivity index (χ4v) is 4.00. The molecule has 0 radical (unpaired) electrons. The Morgan fingerprint density at radius 3 is 2.44 bits per heavy atom. The van der Waals surface area contributed by atoms with Crippen LogP contribution in [0, 0.1) is 0 Å². The summed E-state index contributed by atoms with van der Waals surface area (Å²) in [6.45, 7) is 4.39. The maximum Gasteiger partial charge on any atom is 0.240 e. The molecule has 0 saturated carbocycles. The molecule has 1 aliphatic rings. The maximum absolute atomic E-state index is 12.1. The largest absolute Gasteiger partial charge is 0.353 e. The number of carbonyl (C=O) groups excluding carboxylic acids is 1. The first-order chi connectivity index (χ1) is 11.9. The molecule has 2 rings (SSSR count). The Labute approximate surface area is 151 Å². The van der Waals surface area contributed by atoms with E-state index in [0.29, 0.717) is 19.4 Å². The Morgan fingerprint density at radius 1 is 1.20 bits per heavy atom. The molecule has 0 spiro atoms. The summed E-state index contributed by atoms with van der Waals surface area (Å²) in [7, 11) is -1.33. The number of sulfonamides is 1. The van der Waals surface area contributed by atoms with Crippen LogP contribution < -0.4 is 10.0 Å². The molecule has 0 unspecified atom stereocenters. The average molecular weight is 368 g/mol. The van der Waals surface area contributed by atoms with Gasteiger partial charge < -0.3 is 10.2 Å². The normalized spacial score (nSPS) is 16.7. The molecule has 6 nitrogen and oxygen atoms in total. The van der Waals surface area contributed by atoms with Gasteiger partial charge in [0.2, 0.25) is 15.9 Å². The minimum Gasteiger partial charge on any atom is -0.353 e. The van der Waals surface area contributed by atoms with Crippen LogP contribution in [0.4, 0.5) is 0 Å². The molecule has 1 aliphatic heterocycles. The number of likely N-dealkylation sites (tertiary alicyclic amines) is 1. The molecule has 1 amide bonds. The van der Waals surface area contributed by atoms with E-state index in [-0.39, 0.29) is 16.8 Å². The second kappa shape index (κ2) is 9.31. The van der Waals surface area contributed by atoms with Gasteiger partial charge in [-0.2, -0.15) is 0 Å². The third-order valence-corrected chi connectivity index (χ3v) is 5.98. The number of hydrogen-bond acceptors (Lipinski definition) is 4. The van der Waals surface area contributed by atoms with E-state index in [4.69, 9.17) is 0 Å². The lowest BCUT2D eigenvalue weighted by molar-refractivity contribution is -0.122. The minimum absolute atomic E-state index is 0.0656. The monoisotopic (exact) mass is 367 g/mol. The van der Waals surface area contributed by atoms with Gasteiger partial charge in [-0.25, -0.2) is 13.1 Å². The van der Waals surface area contributed by atoms with Gasteiger partial charge in [0.15, 0.2) is 0 Å². The second-order valence-corrected chi connectivity index (χ2v) is 8.45. The number of nitrogens with one attached hydrogen (secondary N) is 2. The predicted molar refractivity (Wildman–Crippen MR) is 98.9 cm³/mol. The van der Waals surface area contributed by atoms with Crippen molar-refractivity contribution in [3.05, 3.63) is 29.8 Å². The fourth-order valence-electron chi connectivity index (χ4n) is 2.87. The van der Waals surface area contributed by atoms with Crippen molar-refractivity contribution in [3.8, 4) is 0 Å². The standard InChI is InChI=1S/C18H29N3O3S/c1-3-12-19-25(23,24)17-7-4-15(5-8-17)6-9-18(22)20-16-10-13-21(2)14-11-16/h4-5,7-8,16,19H,3,6,9-14H2,1-2H3,(H,20,22). The molecule has 1 heterocycles. The average Bonchev–Trinajstić information content (AvgIpc) is 2.60. The molecule has 140 valence electrons. The summed E-state index contributed by atoms with van der Waals surface area (Å²) in [6.07, 6.45) is 3.79. The van der Waals surface area contributed by atoms with E-state index >= 15 is 0 Å². The summed E-state index contributed by atoms with van der Waals surface area (Å²) >= 11 is 0. The van der Waals surface area contributed by atoms with Gasteiger partial charge in [0, 0.05) is 19.0 Å². The van der Waals surface area contributed by atoms with Gasteiger partial charge in [-0.3, -0.25) is 4.79 Å². The van der Waals surface area contributed by atoms with Crippen LogP contribution in [0.5, 0.6) is 0 Å². The van der Waals surface area contributed by atoms with Crippen LogP contribution in [-0.2, 0) is 21.2 Å². The Kier molecular flexibility index (Phi) is 7.40. The van der Waals surface area contributed by atoms with Crippen molar-refractivity contribution in [2.45, 2.75) is 50.0 Å². The highest BCUT2D eigenvalue weighted by Gasteiger charge is 2.18. The molecule has 1 fully saturated rings. The molecule has 25 heavy (non-hydrogen) atoms. The van der Waals surface area contributed by atoms with Crippen molar-refractivity contribution in [1.82, 2.24) is 14.9 Å². The maximum atomic E-state index is 12.1. The van der Waals surface area contributed by atoms with Gasteiger partial charge in [-0.15, -0.1) is 0 Å². The zero-order valence-corrected chi connectivity index (χ0v) is 15.9. The van der Waals surface area contributed by atoms with Gasteiger partial charge in [0.05, 0.1) is 4.90 Å². The van der Waals surface area contributed by atoms with Crippen molar-refractivity contribution in [2.24, 2.45) is 0 Å². The molecule has 0 bridgehead atoms. The van der Waals surface area contributed by atoms with E-state index in [0.717, 1.165) is 37.9 Å². The highest BCUT2D eigenvalue weighted by Crippen LogP contribution is 2.13. The second-order valence-electron chi connectivity index (χ2n) is 6.69. The number of hydrogen-bond donors (Lipinski definition) is 2. The summed E-state index contributed by atoms with van der Waals surface area (Å²) in [4.78, 5) is 14.6. The molecule has 0 aliphatic carbocycles. The summed E-state index contributed by atoms with van der Waals surface area (Å²) in [5.41, 5.74) is 0.966. The van der Waals surface area contributed by atoms with Crippen LogP contribution in [0.2, 0.25) is 0 Å². The van der Waals surface area contributed by atoms with E-state index in [1.165, 1.54) is 0 Å². The zero-order valence-electron chi connectivity index (χ0n) is 15.1. The van der Waals surface area contributed by atoms with Crippen molar-refractivity contribution < 1.29 is 13.2 Å². The van der Waals surface area contributed by atoms with Gasteiger partial charge >= 0.3 is 0 Å². The highest BCUT2D eigenvalue weighted by molar-refractivity contribution is 7.89. The first-order valence-electron chi connectivity index (χ1n) is 8.97. The molecule has 1 saturated heterocycles. The molecular weight excluding hydrogens is 338 g/mol. The lowest BCUT2D eigenvalue weighted by Gasteiger charge is -2.29. The van der Waals surface area contributed by atoms with E-state index < -0.39 is 10.0 Å². The minimum atomic E-state index is -3.43. The van der Waals surface area contributed by atoms with Gasteiger partial charge in [0.25, 0.3) is 0 Å². The van der Waals surface area contributed by atoms with E-state index in [1.807, 2.05) is 6.92 Å². The van der Waals surface area contributed by atoms with Gasteiger partial charge in [0.1, 0.15) is 0 Å². The highest BCUT2D eigenvalue weighted by atomic mass is 32.2. The molecule has 7 heteroatoms. The molecule has 1 aromatic carbocycles. The summed E-state index contributed by atoms with van der Waals surface area (Å²) < 4.78 is 26.6. The van der Waals surface area contributed by atoms with Crippen LogP contribution in [0.1, 0.15) is 38.2 Å². The number of aryl methyl sites for hydroxylation is 1. The molecule has 1 aromatic rings. The fraction of sp³-hybridized carbons (Fsp3) is 0.611. The molecule has 0 atom stereocenters. The molecule has 0 aromatic heterocycles. The van der Waals surface area contributed by atoms with Crippen LogP contribution in [-0.4, -0.2) is 51.9 Å². The SMILES string of the molecule is CCCNS(=O)(=O)c1ccc(CCC(=O)NC2CCN(C)CC2)cc1. The predicted octanol–water partition coefficient (Wildman–Crippen LogP) is 1.52. The van der Waals surface area contributed by atoms with E-state index in [2.05, 4.69) is 22.0 Å². The first-order valence-corrected chi connectivity index (χ1v) is 10.5. The number of nitrogens with zero attached hydrogens (tertiary/aromatic N) is 1. The van der Waals surface area contributed by atoms with Gasteiger partial charge in [-0.05, 0) is 63.5 Å². The van der Waals surface area contributed by atoms with E-state index in [9.17, 15) is 13.2 Å². The number of carbonyl (C=O) groups is 1. The summed E-state index contributed by atoms with van der Waals surface area (Å²) in [5.74, 6) is 0.0656. The Hall–Kier alpha value is -1.44. The van der Waals surface area contributed by atoms with Crippen LogP contribution in [0.25, 0.3) is 0 Å². The summed E-state index contributed by atoms with van der Waals surface area (Å²) in [6, 6.07) is 7.04. The Morgan fingerprint density at radius 2 is 1.84 bits per heavy atom. The van der Waals surface area contributed by atoms with Crippen molar-refractivity contribution in [3.63, 3.8) is 0 Å². The Balaban J connectivity index is 1.80. The van der Waals surface area contributed by atoms with Gasteiger partial charge in [-0.1, -0.05) is 19.1 Å². The topological polar surface area (TPSA) is 78.5 Å². The van der Waals surface area contributed by atoms with Crippen molar-refractivity contribution in [1.29, 1.82) is 0 Å². The number of rotatable bonds is 8. The van der Waals surface area contributed by atoms with Crippen LogP contribution >= 0.6 is 0 Å². The van der Waals surface area contributed by atoms with Crippen LogP contribution in [0.3, 0.4) is 0 Å².